The number of rotatable bonds is 2. The first-order valence-electron chi connectivity index (χ1n) is 6.38. The van der Waals surface area contributed by atoms with Crippen molar-refractivity contribution in [2.75, 3.05) is 13.1 Å². The van der Waals surface area contributed by atoms with E-state index in [0.717, 1.165) is 6.07 Å². The van der Waals surface area contributed by atoms with Crippen molar-refractivity contribution in [3.8, 4) is 5.75 Å². The lowest BCUT2D eigenvalue weighted by atomic mass is 10.3. The zero-order valence-electron chi connectivity index (χ0n) is 12.1. The van der Waals surface area contributed by atoms with Crippen molar-refractivity contribution in [3.63, 3.8) is 0 Å². The van der Waals surface area contributed by atoms with Crippen molar-refractivity contribution in [1.29, 1.82) is 0 Å². The fourth-order valence-electron chi connectivity index (χ4n) is 1.78. The normalized spacial score (nSPS) is 15.4. The number of hydrogen-bond acceptors (Lipinski definition) is 2. The molecule has 0 unspecified atom stereocenters. The van der Waals surface area contributed by atoms with Gasteiger partial charge in [0.1, 0.15) is 5.75 Å². The van der Waals surface area contributed by atoms with Crippen LogP contribution in [0.1, 0.15) is 0 Å². The summed E-state index contributed by atoms with van der Waals surface area (Å²) in [5.74, 6) is -0.475. The minimum Gasteiger partial charge on any atom is -0.404 e. The highest BCUT2D eigenvalue weighted by Gasteiger charge is 2.32. The van der Waals surface area contributed by atoms with E-state index in [0.29, 0.717) is 13.1 Å². The summed E-state index contributed by atoms with van der Waals surface area (Å²) < 4.78 is 40.2. The molecule has 0 aliphatic carbocycles. The first-order chi connectivity index (χ1) is 10.7. The number of alkyl halides is 3. The molecule has 0 fully saturated rings. The first-order valence-corrected chi connectivity index (χ1v) is 6.76. The topological polar surface area (TPSA) is 89.2 Å². The Morgan fingerprint density at radius 2 is 1.83 bits per heavy atom. The van der Waals surface area contributed by atoms with E-state index in [9.17, 15) is 13.2 Å². The summed E-state index contributed by atoms with van der Waals surface area (Å²) in [5.41, 5.74) is 11.6. The van der Waals surface area contributed by atoms with Crippen LogP contribution >= 0.6 is 24.0 Å². The summed E-state index contributed by atoms with van der Waals surface area (Å²) in [4.78, 5) is 9.61. The SMILES string of the molecule is Cl.NC(=Nc1ccc(OC(F)(F)F)c(Cl)c1)N=C(N)N1CC=CC1. The van der Waals surface area contributed by atoms with E-state index < -0.39 is 12.1 Å². The van der Waals surface area contributed by atoms with Gasteiger partial charge in [0.05, 0.1) is 10.7 Å². The maximum Gasteiger partial charge on any atom is 0.573 e. The van der Waals surface area contributed by atoms with E-state index in [1.807, 2.05) is 12.2 Å². The Balaban J connectivity index is 0.00000288. The Labute approximate surface area is 147 Å². The Kier molecular flexibility index (Phi) is 6.73. The third-order valence-corrected chi connectivity index (χ3v) is 3.05. The van der Waals surface area contributed by atoms with Gasteiger partial charge in [0, 0.05) is 13.1 Å². The fourth-order valence-corrected chi connectivity index (χ4v) is 1.99. The van der Waals surface area contributed by atoms with Crippen LogP contribution in [0.15, 0.2) is 40.3 Å². The smallest absolute Gasteiger partial charge is 0.404 e. The van der Waals surface area contributed by atoms with Gasteiger partial charge in [0.15, 0.2) is 5.96 Å². The lowest BCUT2D eigenvalue weighted by Crippen LogP contribution is -2.36. The Morgan fingerprint density at radius 1 is 1.21 bits per heavy atom. The number of nitrogens with zero attached hydrogens (tertiary/aromatic N) is 3. The molecule has 4 N–H and O–H groups in total. The number of guanidine groups is 2. The predicted molar refractivity (Wildman–Crippen MR) is 89.0 cm³/mol. The summed E-state index contributed by atoms with van der Waals surface area (Å²) in [6, 6.07) is 3.49. The molecular weight excluding hydrogens is 370 g/mol. The summed E-state index contributed by atoms with van der Waals surface area (Å²) in [5, 5.41) is -0.253. The van der Waals surface area contributed by atoms with E-state index in [1.54, 1.807) is 4.90 Å². The molecule has 0 bridgehead atoms. The van der Waals surface area contributed by atoms with Crippen LogP contribution in [0, 0.1) is 0 Å². The summed E-state index contributed by atoms with van der Waals surface area (Å²) in [6.07, 6.45) is -0.973. The van der Waals surface area contributed by atoms with Gasteiger partial charge in [-0.15, -0.1) is 25.6 Å². The summed E-state index contributed by atoms with van der Waals surface area (Å²) in [7, 11) is 0. The van der Waals surface area contributed by atoms with Gasteiger partial charge in [-0.2, -0.15) is 4.99 Å². The van der Waals surface area contributed by atoms with Gasteiger partial charge in [-0.05, 0) is 18.2 Å². The van der Waals surface area contributed by atoms with Crippen molar-refractivity contribution in [2.45, 2.75) is 6.36 Å². The molecule has 132 valence electrons. The van der Waals surface area contributed by atoms with E-state index in [-0.39, 0.29) is 35.0 Å². The van der Waals surface area contributed by atoms with Crippen molar-refractivity contribution < 1.29 is 17.9 Å². The van der Waals surface area contributed by atoms with Crippen LogP contribution in [0.3, 0.4) is 0 Å². The van der Waals surface area contributed by atoms with Gasteiger partial charge < -0.3 is 21.1 Å². The van der Waals surface area contributed by atoms with Crippen LogP contribution in [0.4, 0.5) is 18.9 Å². The number of benzene rings is 1. The van der Waals surface area contributed by atoms with E-state index in [4.69, 9.17) is 23.1 Å². The van der Waals surface area contributed by atoms with E-state index >= 15 is 0 Å². The average Bonchev–Trinajstić information content (AvgIpc) is 2.94. The van der Waals surface area contributed by atoms with Gasteiger partial charge in [-0.1, -0.05) is 23.8 Å². The molecule has 1 aromatic rings. The highest BCUT2D eigenvalue weighted by Crippen LogP contribution is 2.32. The third-order valence-electron chi connectivity index (χ3n) is 2.76. The second-order valence-corrected chi connectivity index (χ2v) is 4.89. The molecule has 0 saturated carbocycles. The number of aliphatic imine (C=N–C) groups is 2. The lowest BCUT2D eigenvalue weighted by molar-refractivity contribution is -0.274. The Morgan fingerprint density at radius 3 is 2.38 bits per heavy atom. The maximum absolute atomic E-state index is 12.2. The molecular formula is C13H14Cl2F3N5O. The first kappa shape index (κ1) is 19.9. The molecule has 1 aliphatic rings. The largest absolute Gasteiger partial charge is 0.573 e. The standard InChI is InChI=1S/C13H13ClF3N5O.ClH/c14-9-7-8(3-4-10(9)23-13(15,16)17)20-11(18)21-12(19)22-5-1-2-6-22;/h1-4,7H,5-6H2,(H4,18,19,20,21);1H. The average molecular weight is 384 g/mol. The van der Waals surface area contributed by atoms with E-state index in [1.165, 1.54) is 12.1 Å². The van der Waals surface area contributed by atoms with Gasteiger partial charge in [0.25, 0.3) is 0 Å². The van der Waals surface area contributed by atoms with Gasteiger partial charge in [-0.25, -0.2) is 4.99 Å². The van der Waals surface area contributed by atoms with Crippen LogP contribution < -0.4 is 16.2 Å². The molecule has 1 aliphatic heterocycles. The molecule has 0 atom stereocenters. The lowest BCUT2D eigenvalue weighted by Gasteiger charge is -2.15. The second-order valence-electron chi connectivity index (χ2n) is 4.48. The second kappa shape index (κ2) is 8.11. The van der Waals surface area contributed by atoms with E-state index in [2.05, 4.69) is 14.7 Å². The van der Waals surface area contributed by atoms with Crippen LogP contribution in [0.25, 0.3) is 0 Å². The van der Waals surface area contributed by atoms with Crippen LogP contribution in [-0.4, -0.2) is 36.3 Å². The number of ether oxygens (including phenoxy) is 1. The molecule has 0 spiro atoms. The zero-order valence-corrected chi connectivity index (χ0v) is 13.7. The Bertz CT molecular complexity index is 668. The van der Waals surface area contributed by atoms with Crippen LogP contribution in [0.5, 0.6) is 5.75 Å². The summed E-state index contributed by atoms with van der Waals surface area (Å²) in [6.45, 7) is 1.25. The van der Waals surface area contributed by atoms with Crippen molar-refractivity contribution in [2.24, 2.45) is 21.5 Å². The number of nitrogens with two attached hydrogens (primary N) is 2. The van der Waals surface area contributed by atoms with Crippen molar-refractivity contribution in [1.82, 2.24) is 4.90 Å². The van der Waals surface area contributed by atoms with Gasteiger partial charge in [-0.3, -0.25) is 0 Å². The monoisotopic (exact) mass is 383 g/mol. The van der Waals surface area contributed by atoms with Gasteiger partial charge >= 0.3 is 6.36 Å². The molecule has 6 nitrogen and oxygen atoms in total. The number of halogens is 5. The molecule has 1 heterocycles. The molecule has 0 amide bonds. The molecule has 0 aromatic heterocycles. The summed E-state index contributed by atoms with van der Waals surface area (Å²) >= 11 is 5.72. The minimum atomic E-state index is -4.82. The third kappa shape index (κ3) is 5.82. The predicted octanol–water partition coefficient (Wildman–Crippen LogP) is 2.79. The molecule has 0 radical (unpaired) electrons. The minimum absolute atomic E-state index is 0. The quantitative estimate of drug-likeness (QED) is 0.466. The number of hydrogen-bond donors (Lipinski definition) is 2. The maximum atomic E-state index is 12.2. The molecule has 24 heavy (non-hydrogen) atoms. The van der Waals surface area contributed by atoms with Crippen LogP contribution in [0.2, 0.25) is 5.02 Å². The van der Waals surface area contributed by atoms with Gasteiger partial charge in [0.2, 0.25) is 5.96 Å². The van der Waals surface area contributed by atoms with Crippen molar-refractivity contribution >= 4 is 41.6 Å². The molecule has 11 heteroatoms. The molecule has 0 saturated heterocycles. The highest BCUT2D eigenvalue weighted by molar-refractivity contribution is 6.32. The Hall–Kier alpha value is -2.13. The molecule has 1 aromatic carbocycles. The molecule has 2 rings (SSSR count). The van der Waals surface area contributed by atoms with Crippen LogP contribution in [-0.2, 0) is 0 Å². The zero-order chi connectivity index (χ0) is 17.0. The van der Waals surface area contributed by atoms with Crippen molar-refractivity contribution in [3.05, 3.63) is 35.4 Å². The fraction of sp³-hybridized carbons (Fsp3) is 0.231. The highest BCUT2D eigenvalue weighted by atomic mass is 35.5.